The van der Waals surface area contributed by atoms with Gasteiger partial charge in [-0.3, -0.25) is 14.9 Å². The maximum atomic E-state index is 13.2. The van der Waals surface area contributed by atoms with Crippen LogP contribution in [0.1, 0.15) is 23.6 Å². The quantitative estimate of drug-likeness (QED) is 0.369. The number of rotatable bonds is 6. The van der Waals surface area contributed by atoms with Crippen molar-refractivity contribution >= 4 is 45.5 Å². The molecule has 1 saturated heterocycles. The Morgan fingerprint density at radius 3 is 2.47 bits per heavy atom. The zero-order chi connectivity index (χ0) is 23.4. The van der Waals surface area contributed by atoms with Gasteiger partial charge in [0.1, 0.15) is 12.2 Å². The van der Waals surface area contributed by atoms with Crippen LogP contribution < -0.4 is 19.7 Å². The summed E-state index contributed by atoms with van der Waals surface area (Å²) >= 11 is 3.43. The van der Waals surface area contributed by atoms with Gasteiger partial charge in [-0.1, -0.05) is 27.9 Å². The van der Waals surface area contributed by atoms with Crippen LogP contribution in [0.25, 0.3) is 6.08 Å². The SMILES string of the molecule is C#CCOc1cc(Br)c(/C=C2\C(=O)NC(=O)N(c3ccc(C)c(C)c3)C2=O)cc1OCC. The predicted molar refractivity (Wildman–Crippen MR) is 125 cm³/mol. The molecule has 4 amide bonds. The van der Waals surface area contributed by atoms with Crippen LogP contribution in [0.15, 0.2) is 40.4 Å². The highest BCUT2D eigenvalue weighted by atomic mass is 79.9. The van der Waals surface area contributed by atoms with Crippen LogP contribution in [0.5, 0.6) is 11.5 Å². The highest BCUT2D eigenvalue weighted by molar-refractivity contribution is 9.10. The normalized spacial score (nSPS) is 14.9. The van der Waals surface area contributed by atoms with E-state index in [1.54, 1.807) is 24.3 Å². The highest BCUT2D eigenvalue weighted by Gasteiger charge is 2.37. The van der Waals surface area contributed by atoms with Crippen LogP contribution in [0, 0.1) is 26.2 Å². The number of benzene rings is 2. The van der Waals surface area contributed by atoms with E-state index in [2.05, 4.69) is 27.2 Å². The molecule has 0 radical (unpaired) electrons. The maximum absolute atomic E-state index is 13.2. The van der Waals surface area contributed by atoms with E-state index in [0.29, 0.717) is 33.8 Å². The van der Waals surface area contributed by atoms with Gasteiger partial charge in [-0.05, 0) is 67.8 Å². The summed E-state index contributed by atoms with van der Waals surface area (Å²) < 4.78 is 11.7. The van der Waals surface area contributed by atoms with Crippen LogP contribution >= 0.6 is 15.9 Å². The fraction of sp³-hybridized carbons (Fsp3) is 0.208. The number of halogens is 1. The van der Waals surface area contributed by atoms with Gasteiger partial charge in [-0.2, -0.15) is 0 Å². The first-order valence-corrected chi connectivity index (χ1v) is 10.6. The van der Waals surface area contributed by atoms with E-state index >= 15 is 0 Å². The van der Waals surface area contributed by atoms with Gasteiger partial charge >= 0.3 is 6.03 Å². The lowest BCUT2D eigenvalue weighted by Crippen LogP contribution is -2.54. The Morgan fingerprint density at radius 1 is 1.09 bits per heavy atom. The summed E-state index contributed by atoms with van der Waals surface area (Å²) in [6.07, 6.45) is 6.66. The molecule has 0 spiro atoms. The van der Waals surface area contributed by atoms with Crippen LogP contribution in [-0.2, 0) is 9.59 Å². The molecule has 1 aliphatic heterocycles. The number of terminal acetylenes is 1. The lowest BCUT2D eigenvalue weighted by molar-refractivity contribution is -0.122. The molecule has 1 aliphatic rings. The van der Waals surface area contributed by atoms with Crippen LogP contribution in [-0.4, -0.2) is 31.1 Å². The molecular formula is C24H21BrN2O5. The average molecular weight is 497 g/mol. The summed E-state index contributed by atoms with van der Waals surface area (Å²) in [6.45, 7) is 6.05. The van der Waals surface area contributed by atoms with Crippen molar-refractivity contribution in [2.75, 3.05) is 18.1 Å². The molecule has 0 atom stereocenters. The third-order valence-corrected chi connectivity index (χ3v) is 5.51. The maximum Gasteiger partial charge on any atom is 0.335 e. The van der Waals surface area contributed by atoms with E-state index in [0.717, 1.165) is 16.0 Å². The van der Waals surface area contributed by atoms with E-state index in [1.807, 2.05) is 26.8 Å². The van der Waals surface area contributed by atoms with Crippen LogP contribution in [0.3, 0.4) is 0 Å². The molecule has 8 heteroatoms. The zero-order valence-electron chi connectivity index (χ0n) is 17.8. The van der Waals surface area contributed by atoms with Crippen LogP contribution in [0.4, 0.5) is 10.5 Å². The number of ether oxygens (including phenoxy) is 2. The Balaban J connectivity index is 2.04. The number of amides is 4. The lowest BCUT2D eigenvalue weighted by Gasteiger charge is -2.27. The first-order valence-electron chi connectivity index (χ1n) is 9.78. The summed E-state index contributed by atoms with van der Waals surface area (Å²) in [4.78, 5) is 39.1. The molecule has 0 aliphatic carbocycles. The molecule has 3 rings (SSSR count). The second-order valence-corrected chi connectivity index (χ2v) is 7.83. The Labute approximate surface area is 194 Å². The second kappa shape index (κ2) is 9.71. The molecule has 2 aromatic rings. The van der Waals surface area contributed by atoms with Gasteiger partial charge in [0.05, 0.1) is 12.3 Å². The lowest BCUT2D eigenvalue weighted by atomic mass is 10.0. The van der Waals surface area contributed by atoms with Gasteiger partial charge in [0, 0.05) is 4.47 Å². The summed E-state index contributed by atoms with van der Waals surface area (Å²) in [6, 6.07) is 7.67. The molecular weight excluding hydrogens is 476 g/mol. The second-order valence-electron chi connectivity index (χ2n) is 6.97. The number of hydrogen-bond acceptors (Lipinski definition) is 5. The number of aryl methyl sites for hydroxylation is 2. The molecule has 0 aromatic heterocycles. The van der Waals surface area contributed by atoms with Gasteiger partial charge in [0.15, 0.2) is 11.5 Å². The van der Waals surface area contributed by atoms with Crippen LogP contribution in [0.2, 0.25) is 0 Å². The number of urea groups is 1. The molecule has 1 heterocycles. The fourth-order valence-electron chi connectivity index (χ4n) is 3.07. The molecule has 0 saturated carbocycles. The molecule has 2 aromatic carbocycles. The minimum Gasteiger partial charge on any atom is -0.490 e. The van der Waals surface area contributed by atoms with E-state index in [-0.39, 0.29) is 12.2 Å². The third-order valence-electron chi connectivity index (χ3n) is 4.82. The van der Waals surface area contributed by atoms with Crippen molar-refractivity contribution in [3.05, 3.63) is 57.1 Å². The predicted octanol–water partition coefficient (Wildman–Crippen LogP) is 4.14. The van der Waals surface area contributed by atoms with E-state index in [4.69, 9.17) is 15.9 Å². The van der Waals surface area contributed by atoms with Gasteiger partial charge in [-0.25, -0.2) is 9.69 Å². The average Bonchev–Trinajstić information content (AvgIpc) is 2.74. The first kappa shape index (κ1) is 23.1. The topological polar surface area (TPSA) is 84.9 Å². The molecule has 7 nitrogen and oxygen atoms in total. The van der Waals surface area contributed by atoms with Crippen molar-refractivity contribution in [2.45, 2.75) is 20.8 Å². The number of anilines is 1. The van der Waals surface area contributed by atoms with Crippen molar-refractivity contribution in [2.24, 2.45) is 0 Å². The summed E-state index contributed by atoms with van der Waals surface area (Å²) in [5.41, 5.74) is 2.61. The van der Waals surface area contributed by atoms with Gasteiger partial charge in [0.25, 0.3) is 11.8 Å². The minimum atomic E-state index is -0.799. The Bertz CT molecular complexity index is 1180. The van der Waals surface area contributed by atoms with Crippen molar-refractivity contribution < 1.29 is 23.9 Å². The molecule has 0 bridgehead atoms. The molecule has 1 N–H and O–H groups in total. The van der Waals surface area contributed by atoms with Crippen molar-refractivity contribution in [3.8, 4) is 23.8 Å². The highest BCUT2D eigenvalue weighted by Crippen LogP contribution is 2.35. The molecule has 164 valence electrons. The van der Waals surface area contributed by atoms with Crippen molar-refractivity contribution in [1.29, 1.82) is 0 Å². The van der Waals surface area contributed by atoms with Gasteiger partial charge in [0.2, 0.25) is 0 Å². The summed E-state index contributed by atoms with van der Waals surface area (Å²) in [5.74, 6) is 1.71. The number of hydrogen-bond donors (Lipinski definition) is 1. The number of nitrogens with one attached hydrogen (secondary N) is 1. The Kier molecular flexibility index (Phi) is 7.01. The van der Waals surface area contributed by atoms with Gasteiger partial charge < -0.3 is 9.47 Å². The van der Waals surface area contributed by atoms with E-state index in [9.17, 15) is 14.4 Å². The monoisotopic (exact) mass is 496 g/mol. The first-order chi connectivity index (χ1) is 15.3. The summed E-state index contributed by atoms with van der Waals surface area (Å²) in [5, 5.41) is 2.23. The minimum absolute atomic E-state index is 0.0564. The standard InChI is InChI=1S/C24H21BrN2O5/c1-5-9-32-21-13-19(25)16(12-20(21)31-6-2)11-18-22(28)26-24(30)27(23(18)29)17-8-7-14(3)15(4)10-17/h1,7-8,10-13H,6,9H2,2-4H3,(H,26,28,30)/b18-11+. The summed E-state index contributed by atoms with van der Waals surface area (Å²) in [7, 11) is 0. The molecule has 0 unspecified atom stereocenters. The third kappa shape index (κ3) is 4.68. The number of nitrogens with zero attached hydrogens (tertiary/aromatic N) is 1. The number of carbonyl (C=O) groups is 3. The Morgan fingerprint density at radius 2 is 1.81 bits per heavy atom. The molecule has 1 fully saturated rings. The van der Waals surface area contributed by atoms with Crippen molar-refractivity contribution in [1.82, 2.24) is 5.32 Å². The Hall–Kier alpha value is -3.57. The fourth-order valence-corrected chi connectivity index (χ4v) is 3.51. The number of barbiturate groups is 1. The number of imide groups is 2. The van der Waals surface area contributed by atoms with Crippen molar-refractivity contribution in [3.63, 3.8) is 0 Å². The number of carbonyl (C=O) groups excluding carboxylic acids is 3. The van der Waals surface area contributed by atoms with E-state index < -0.39 is 17.8 Å². The zero-order valence-corrected chi connectivity index (χ0v) is 19.4. The smallest absolute Gasteiger partial charge is 0.335 e. The van der Waals surface area contributed by atoms with E-state index in [1.165, 1.54) is 6.08 Å². The molecule has 32 heavy (non-hydrogen) atoms. The van der Waals surface area contributed by atoms with Gasteiger partial charge in [-0.15, -0.1) is 6.42 Å². The largest absolute Gasteiger partial charge is 0.490 e.